The summed E-state index contributed by atoms with van der Waals surface area (Å²) in [7, 11) is 0. The van der Waals surface area contributed by atoms with Crippen molar-refractivity contribution in [2.75, 3.05) is 0 Å². The molecule has 0 saturated carbocycles. The average molecular weight is 297 g/mol. The molecule has 1 heteroatoms. The van der Waals surface area contributed by atoms with Crippen LogP contribution >= 0.6 is 15.9 Å². The van der Waals surface area contributed by atoms with Gasteiger partial charge in [0.25, 0.3) is 0 Å². The summed E-state index contributed by atoms with van der Waals surface area (Å²) in [6.45, 7) is 9.09. The van der Waals surface area contributed by atoms with Gasteiger partial charge in [0.15, 0.2) is 0 Å². The van der Waals surface area contributed by atoms with Gasteiger partial charge in [0.1, 0.15) is 0 Å². The Labute approximate surface area is 115 Å². The van der Waals surface area contributed by atoms with Crippen molar-refractivity contribution in [3.05, 3.63) is 35.4 Å². The molecule has 0 aliphatic rings. The van der Waals surface area contributed by atoms with Gasteiger partial charge in [-0.25, -0.2) is 0 Å². The fourth-order valence-corrected chi connectivity index (χ4v) is 3.25. The number of alkyl halides is 1. The molecule has 0 bridgehead atoms. The summed E-state index contributed by atoms with van der Waals surface area (Å²) in [5.41, 5.74) is 2.90. The minimum absolute atomic E-state index is 0.610. The van der Waals surface area contributed by atoms with E-state index in [0.29, 0.717) is 4.83 Å². The molecule has 0 spiro atoms. The zero-order valence-corrected chi connectivity index (χ0v) is 13.1. The van der Waals surface area contributed by atoms with Crippen molar-refractivity contribution < 1.29 is 0 Å². The molecule has 0 aromatic heterocycles. The number of rotatable bonds is 6. The van der Waals surface area contributed by atoms with Gasteiger partial charge in [0, 0.05) is 4.83 Å². The van der Waals surface area contributed by atoms with Crippen LogP contribution < -0.4 is 0 Å². The Balaban J connectivity index is 2.50. The molecular weight excluding hydrogens is 272 g/mol. The van der Waals surface area contributed by atoms with Gasteiger partial charge >= 0.3 is 0 Å². The highest BCUT2D eigenvalue weighted by molar-refractivity contribution is 9.09. The number of hydrogen-bond acceptors (Lipinski definition) is 0. The second-order valence-corrected chi connectivity index (χ2v) is 7.14. The van der Waals surface area contributed by atoms with Crippen molar-refractivity contribution in [3.8, 4) is 0 Å². The van der Waals surface area contributed by atoms with Crippen molar-refractivity contribution in [2.24, 2.45) is 11.8 Å². The Morgan fingerprint density at radius 3 is 1.71 bits per heavy atom. The molecule has 0 heterocycles. The van der Waals surface area contributed by atoms with Gasteiger partial charge in [-0.05, 0) is 42.2 Å². The Bertz CT molecular complexity index is 311. The summed E-state index contributed by atoms with van der Waals surface area (Å²) in [6.07, 6.45) is 3.57. The van der Waals surface area contributed by atoms with Crippen LogP contribution in [0.2, 0.25) is 0 Å². The summed E-state index contributed by atoms with van der Waals surface area (Å²) in [5, 5.41) is 0. The van der Waals surface area contributed by atoms with Crippen molar-refractivity contribution >= 4 is 15.9 Å². The summed E-state index contributed by atoms with van der Waals surface area (Å²) >= 11 is 3.77. The molecule has 1 aromatic carbocycles. The van der Waals surface area contributed by atoms with Gasteiger partial charge in [-0.1, -0.05) is 67.9 Å². The molecule has 0 aliphatic heterocycles. The Morgan fingerprint density at radius 2 is 1.29 bits per heavy atom. The minimum Gasteiger partial charge on any atom is -0.0887 e. The predicted molar refractivity (Wildman–Crippen MR) is 80.9 cm³/mol. The molecule has 0 fully saturated rings. The third kappa shape index (κ3) is 6.26. The largest absolute Gasteiger partial charge is 0.0887 e. The first-order chi connectivity index (χ1) is 7.97. The lowest BCUT2D eigenvalue weighted by Gasteiger charge is -2.13. The quantitative estimate of drug-likeness (QED) is 0.630. The lowest BCUT2D eigenvalue weighted by atomic mass is 9.99. The molecule has 0 radical (unpaired) electrons. The van der Waals surface area contributed by atoms with E-state index < -0.39 is 0 Å². The molecule has 0 nitrogen and oxygen atoms in total. The van der Waals surface area contributed by atoms with Crippen LogP contribution in [0.1, 0.15) is 45.2 Å². The fourth-order valence-electron chi connectivity index (χ4n) is 2.13. The maximum absolute atomic E-state index is 3.77. The fraction of sp³-hybridized carbons (Fsp3) is 0.625. The van der Waals surface area contributed by atoms with Crippen LogP contribution in [-0.2, 0) is 12.8 Å². The molecule has 1 rings (SSSR count). The van der Waals surface area contributed by atoms with E-state index in [0.717, 1.165) is 18.3 Å². The topological polar surface area (TPSA) is 0 Å². The Morgan fingerprint density at radius 1 is 0.824 bits per heavy atom. The van der Waals surface area contributed by atoms with Crippen molar-refractivity contribution in [1.29, 1.82) is 0 Å². The van der Waals surface area contributed by atoms with Gasteiger partial charge < -0.3 is 0 Å². The van der Waals surface area contributed by atoms with Crippen LogP contribution in [0.25, 0.3) is 0 Å². The minimum atomic E-state index is 0.610. The highest BCUT2D eigenvalue weighted by Gasteiger charge is 2.08. The number of hydrogen-bond donors (Lipinski definition) is 0. The second-order valence-electron chi connectivity index (χ2n) is 5.85. The van der Waals surface area contributed by atoms with E-state index in [9.17, 15) is 0 Å². The van der Waals surface area contributed by atoms with Crippen LogP contribution in [0.5, 0.6) is 0 Å². The second kappa shape index (κ2) is 7.20. The smallest absolute Gasteiger partial charge is 0.0188 e. The van der Waals surface area contributed by atoms with Gasteiger partial charge in [0.05, 0.1) is 0 Å². The molecular formula is C16H25Br. The SMILES string of the molecule is CC(C)Cc1ccc(CC(Br)CC(C)C)cc1. The van der Waals surface area contributed by atoms with Crippen LogP contribution in [0.3, 0.4) is 0 Å². The maximum atomic E-state index is 3.77. The molecule has 0 N–H and O–H groups in total. The molecule has 0 saturated heterocycles. The van der Waals surface area contributed by atoms with Crippen molar-refractivity contribution in [1.82, 2.24) is 0 Å². The summed E-state index contributed by atoms with van der Waals surface area (Å²) in [6, 6.07) is 9.13. The highest BCUT2D eigenvalue weighted by atomic mass is 79.9. The van der Waals surface area contributed by atoms with E-state index in [4.69, 9.17) is 0 Å². The predicted octanol–water partition coefficient (Wildman–Crippen LogP) is 5.24. The molecule has 0 amide bonds. The summed E-state index contributed by atoms with van der Waals surface area (Å²) < 4.78 is 0. The first-order valence-electron chi connectivity index (χ1n) is 6.69. The van der Waals surface area contributed by atoms with E-state index in [1.165, 1.54) is 24.0 Å². The average Bonchev–Trinajstić information content (AvgIpc) is 2.18. The zero-order chi connectivity index (χ0) is 12.8. The van der Waals surface area contributed by atoms with Crippen molar-refractivity contribution in [3.63, 3.8) is 0 Å². The molecule has 1 unspecified atom stereocenters. The number of halogens is 1. The third-order valence-electron chi connectivity index (χ3n) is 2.85. The zero-order valence-electron chi connectivity index (χ0n) is 11.5. The van der Waals surface area contributed by atoms with Crippen LogP contribution in [0.4, 0.5) is 0 Å². The monoisotopic (exact) mass is 296 g/mol. The summed E-state index contributed by atoms with van der Waals surface area (Å²) in [4.78, 5) is 0.610. The standard InChI is InChI=1S/C16H25Br/c1-12(2)9-14-5-7-15(8-6-14)11-16(17)10-13(3)4/h5-8,12-13,16H,9-11H2,1-4H3. The molecule has 1 atom stereocenters. The highest BCUT2D eigenvalue weighted by Crippen LogP contribution is 2.18. The molecule has 96 valence electrons. The lowest BCUT2D eigenvalue weighted by Crippen LogP contribution is -2.06. The van der Waals surface area contributed by atoms with Gasteiger partial charge in [0.2, 0.25) is 0 Å². The van der Waals surface area contributed by atoms with E-state index in [1.54, 1.807) is 0 Å². The van der Waals surface area contributed by atoms with E-state index in [2.05, 4.69) is 67.9 Å². The first kappa shape index (κ1) is 14.8. The third-order valence-corrected chi connectivity index (χ3v) is 3.55. The number of benzene rings is 1. The lowest BCUT2D eigenvalue weighted by molar-refractivity contribution is 0.571. The Hall–Kier alpha value is -0.300. The van der Waals surface area contributed by atoms with E-state index in [-0.39, 0.29) is 0 Å². The maximum Gasteiger partial charge on any atom is 0.0188 e. The van der Waals surface area contributed by atoms with Crippen LogP contribution in [0.15, 0.2) is 24.3 Å². The summed E-state index contributed by atoms with van der Waals surface area (Å²) in [5.74, 6) is 1.50. The van der Waals surface area contributed by atoms with Gasteiger partial charge in [-0.2, -0.15) is 0 Å². The van der Waals surface area contributed by atoms with Crippen LogP contribution in [-0.4, -0.2) is 4.83 Å². The normalized spacial score (nSPS) is 13.4. The van der Waals surface area contributed by atoms with E-state index >= 15 is 0 Å². The Kier molecular flexibility index (Phi) is 6.26. The van der Waals surface area contributed by atoms with Gasteiger partial charge in [-0.3, -0.25) is 0 Å². The molecule has 0 aliphatic carbocycles. The van der Waals surface area contributed by atoms with Crippen LogP contribution in [0, 0.1) is 11.8 Å². The van der Waals surface area contributed by atoms with E-state index in [1.807, 2.05) is 0 Å². The van der Waals surface area contributed by atoms with Crippen molar-refractivity contribution in [2.45, 2.75) is 51.8 Å². The first-order valence-corrected chi connectivity index (χ1v) is 7.60. The van der Waals surface area contributed by atoms with Gasteiger partial charge in [-0.15, -0.1) is 0 Å². The molecule has 17 heavy (non-hydrogen) atoms. The molecule has 1 aromatic rings.